The molecule has 14 heteroatoms. The van der Waals surface area contributed by atoms with E-state index < -0.39 is 65.3 Å². The predicted molar refractivity (Wildman–Crippen MR) is 189 cm³/mol. The van der Waals surface area contributed by atoms with Crippen molar-refractivity contribution < 1.29 is 43.3 Å². The third-order valence-corrected chi connectivity index (χ3v) is 8.73. The monoisotopic (exact) mass is 709 g/mol. The van der Waals surface area contributed by atoms with E-state index in [0.717, 1.165) is 6.08 Å². The first-order chi connectivity index (χ1) is 23.8. The Morgan fingerprint density at radius 1 is 1.10 bits per heavy atom. The second-order valence-corrected chi connectivity index (χ2v) is 14.1. The SMILES string of the molecule is COC1/C=C\C=C(/C)C(=O)NC2=CC(=O)C(NC(=O)c3cc(C)nn3C(C)(C)C)=C(CC(C)CC(OC)C(O)C(C)/C=C(\C)C1OC(N)=O)C2=O. The van der Waals surface area contributed by atoms with Gasteiger partial charge in [0.2, 0.25) is 11.6 Å². The summed E-state index contributed by atoms with van der Waals surface area (Å²) >= 11 is 0. The Bertz CT molecular complexity index is 1690. The number of nitrogens with two attached hydrogens (primary N) is 1. The van der Waals surface area contributed by atoms with E-state index in [2.05, 4.69) is 15.7 Å². The maximum Gasteiger partial charge on any atom is 0.405 e. The van der Waals surface area contributed by atoms with Crippen LogP contribution >= 0.6 is 0 Å². The van der Waals surface area contributed by atoms with Crippen LogP contribution in [0.3, 0.4) is 0 Å². The van der Waals surface area contributed by atoms with E-state index in [4.69, 9.17) is 19.9 Å². The molecule has 2 aliphatic rings. The minimum atomic E-state index is -1.04. The molecular formula is C37H51N5O9. The van der Waals surface area contributed by atoms with Crippen LogP contribution in [0, 0.1) is 18.8 Å². The minimum absolute atomic E-state index is 0.000786. The summed E-state index contributed by atoms with van der Waals surface area (Å²) in [6.45, 7) is 14.2. The minimum Gasteiger partial charge on any atom is -0.439 e. The van der Waals surface area contributed by atoms with E-state index in [0.29, 0.717) is 11.3 Å². The standard InChI is InChI=1S/C37H51N5O9/c1-19-14-24-30(40-35(47)26-17-23(5)41-42(26)37(6,7)8)27(43)18-25(32(24)45)39-34(46)20(2)12-11-13-28(49-9)33(51-36(38)48)22(4)16-21(3)31(44)29(15-19)50-10/h11-13,16-19,21,28-29,31,33,44H,14-15H2,1-10H3,(H2,38,48)(H,39,46)(H,40,47)/b13-11-,20-12+,22-16+. The highest BCUT2D eigenvalue weighted by molar-refractivity contribution is 6.24. The van der Waals surface area contributed by atoms with Gasteiger partial charge in [-0.15, -0.1) is 0 Å². The highest BCUT2D eigenvalue weighted by atomic mass is 16.6. The number of carbonyl (C=O) groups is 5. The average molecular weight is 710 g/mol. The van der Waals surface area contributed by atoms with E-state index in [1.165, 1.54) is 33.3 Å². The van der Waals surface area contributed by atoms with E-state index in [1.54, 1.807) is 43.7 Å². The van der Waals surface area contributed by atoms with Gasteiger partial charge in [-0.1, -0.05) is 38.2 Å². The molecule has 1 aromatic heterocycles. The predicted octanol–water partition coefficient (Wildman–Crippen LogP) is 3.45. The summed E-state index contributed by atoms with van der Waals surface area (Å²) in [4.78, 5) is 66.4. The smallest absolute Gasteiger partial charge is 0.405 e. The molecule has 6 atom stereocenters. The van der Waals surface area contributed by atoms with Crippen molar-refractivity contribution in [3.63, 3.8) is 0 Å². The zero-order valence-corrected chi connectivity index (χ0v) is 31.0. The molecule has 0 fully saturated rings. The molecule has 5 N–H and O–H groups in total. The zero-order valence-electron chi connectivity index (χ0n) is 31.0. The second kappa shape index (κ2) is 17.0. The lowest BCUT2D eigenvalue weighted by atomic mass is 9.85. The molecule has 0 spiro atoms. The van der Waals surface area contributed by atoms with Crippen LogP contribution in [-0.4, -0.2) is 83.0 Å². The van der Waals surface area contributed by atoms with Crippen molar-refractivity contribution >= 4 is 29.5 Å². The van der Waals surface area contributed by atoms with Gasteiger partial charge in [-0.05, 0) is 71.9 Å². The molecule has 3 rings (SSSR count). The van der Waals surface area contributed by atoms with E-state index in [-0.39, 0.29) is 47.0 Å². The number of ketones is 2. The van der Waals surface area contributed by atoms with Gasteiger partial charge < -0.3 is 35.7 Å². The van der Waals surface area contributed by atoms with Crippen molar-refractivity contribution in [3.05, 3.63) is 75.9 Å². The van der Waals surface area contributed by atoms with Gasteiger partial charge in [0.05, 0.1) is 34.8 Å². The Morgan fingerprint density at radius 3 is 2.35 bits per heavy atom. The van der Waals surface area contributed by atoms with E-state index >= 15 is 0 Å². The molecule has 0 radical (unpaired) electrons. The van der Waals surface area contributed by atoms with Crippen molar-refractivity contribution in [1.82, 2.24) is 20.4 Å². The third kappa shape index (κ3) is 10.2. The maximum absolute atomic E-state index is 14.0. The Kier molecular flexibility index (Phi) is 13.6. The molecule has 6 unspecified atom stereocenters. The molecular weight excluding hydrogens is 658 g/mol. The fraction of sp³-hybridized carbons (Fsp3) is 0.514. The molecule has 1 aliphatic heterocycles. The number of aromatic nitrogens is 2. The molecule has 0 saturated carbocycles. The van der Waals surface area contributed by atoms with Gasteiger partial charge in [0.1, 0.15) is 11.8 Å². The van der Waals surface area contributed by atoms with Crippen molar-refractivity contribution in [2.24, 2.45) is 17.6 Å². The number of rotatable bonds is 5. The number of hydrogen-bond acceptors (Lipinski definition) is 10. The first-order valence-electron chi connectivity index (χ1n) is 16.8. The van der Waals surface area contributed by atoms with Gasteiger partial charge in [-0.3, -0.25) is 23.9 Å². The number of amides is 3. The molecule has 14 nitrogen and oxygen atoms in total. The number of hydrogen-bond donors (Lipinski definition) is 4. The molecule has 0 aromatic carbocycles. The third-order valence-electron chi connectivity index (χ3n) is 8.73. The number of nitrogens with zero attached hydrogens (tertiary/aromatic N) is 2. The summed E-state index contributed by atoms with van der Waals surface area (Å²) in [5.41, 5.74) is 5.89. The Hall–Kier alpha value is -4.66. The summed E-state index contributed by atoms with van der Waals surface area (Å²) in [7, 11) is 2.87. The van der Waals surface area contributed by atoms with Gasteiger partial charge in [-0.25, -0.2) is 4.79 Å². The van der Waals surface area contributed by atoms with Crippen LogP contribution in [0.15, 0.2) is 64.6 Å². The summed E-state index contributed by atoms with van der Waals surface area (Å²) < 4.78 is 18.2. The summed E-state index contributed by atoms with van der Waals surface area (Å²) in [6.07, 6.45) is 2.95. The number of aliphatic hydroxyl groups excluding tert-OH is 1. The highest BCUT2D eigenvalue weighted by Crippen LogP contribution is 2.29. The summed E-state index contributed by atoms with van der Waals surface area (Å²) in [5.74, 6) is -3.47. The van der Waals surface area contributed by atoms with Crippen LogP contribution in [0.4, 0.5) is 4.79 Å². The highest BCUT2D eigenvalue weighted by Gasteiger charge is 2.35. The lowest BCUT2D eigenvalue weighted by Crippen LogP contribution is -2.39. The van der Waals surface area contributed by atoms with Gasteiger partial charge in [0.25, 0.3) is 11.8 Å². The molecule has 278 valence electrons. The van der Waals surface area contributed by atoms with Gasteiger partial charge >= 0.3 is 6.09 Å². The van der Waals surface area contributed by atoms with E-state index in [1.807, 2.05) is 27.7 Å². The molecule has 1 aliphatic carbocycles. The average Bonchev–Trinajstić information content (AvgIpc) is 3.46. The van der Waals surface area contributed by atoms with Crippen molar-refractivity contribution in [1.29, 1.82) is 0 Å². The number of Topliss-reactive ketones (excluding diaryl/α,β-unsaturated/α-hetero) is 1. The maximum atomic E-state index is 14.0. The molecule has 0 saturated heterocycles. The fourth-order valence-corrected chi connectivity index (χ4v) is 6.07. The normalized spacial score (nSPS) is 28.5. The van der Waals surface area contributed by atoms with Crippen LogP contribution < -0.4 is 16.4 Å². The van der Waals surface area contributed by atoms with E-state index in [9.17, 15) is 29.1 Å². The number of primary amides is 1. The first kappa shape index (κ1) is 40.8. The number of allylic oxidation sites excluding steroid dienone is 4. The summed E-state index contributed by atoms with van der Waals surface area (Å²) in [6, 6.07) is 1.60. The fourth-order valence-electron chi connectivity index (χ4n) is 6.07. The summed E-state index contributed by atoms with van der Waals surface area (Å²) in [5, 5.41) is 21.1. The van der Waals surface area contributed by atoms with Gasteiger partial charge in [0.15, 0.2) is 6.10 Å². The Balaban J connectivity index is 2.12. The number of aliphatic hydroxyl groups is 1. The number of aryl methyl sites for hydroxylation is 1. The number of fused-ring (bicyclic) bond motifs is 2. The largest absolute Gasteiger partial charge is 0.439 e. The van der Waals surface area contributed by atoms with Crippen LogP contribution in [0.2, 0.25) is 0 Å². The lowest BCUT2D eigenvalue weighted by Gasteiger charge is -2.30. The molecule has 2 bridgehead atoms. The molecule has 51 heavy (non-hydrogen) atoms. The number of methoxy groups -OCH3 is 2. The Labute approximate surface area is 298 Å². The number of nitrogens with one attached hydrogen (secondary N) is 2. The van der Waals surface area contributed by atoms with Gasteiger partial charge in [0, 0.05) is 37.4 Å². The molecule has 3 amide bonds. The van der Waals surface area contributed by atoms with Crippen LogP contribution in [0.1, 0.15) is 77.5 Å². The Morgan fingerprint density at radius 2 is 1.76 bits per heavy atom. The number of ether oxygens (including phenoxy) is 3. The van der Waals surface area contributed by atoms with Crippen molar-refractivity contribution in [2.45, 2.75) is 98.2 Å². The quantitative estimate of drug-likeness (QED) is 0.259. The molecule has 2 heterocycles. The topological polar surface area (TPSA) is 201 Å². The molecule has 1 aromatic rings. The van der Waals surface area contributed by atoms with Crippen LogP contribution in [-0.2, 0) is 34.1 Å². The lowest BCUT2D eigenvalue weighted by molar-refractivity contribution is -0.120. The van der Waals surface area contributed by atoms with Gasteiger partial charge in [-0.2, -0.15) is 5.10 Å². The number of carbonyl (C=O) groups excluding carboxylic acids is 5. The van der Waals surface area contributed by atoms with Crippen LogP contribution in [0.5, 0.6) is 0 Å². The first-order valence-corrected chi connectivity index (χ1v) is 16.8. The second-order valence-electron chi connectivity index (χ2n) is 14.1. The van der Waals surface area contributed by atoms with Crippen molar-refractivity contribution in [2.75, 3.05) is 14.2 Å². The zero-order chi connectivity index (χ0) is 38.4. The van der Waals surface area contributed by atoms with Crippen molar-refractivity contribution in [3.8, 4) is 0 Å². The van der Waals surface area contributed by atoms with Crippen LogP contribution in [0.25, 0.3) is 0 Å².